The van der Waals surface area contributed by atoms with E-state index < -0.39 is 0 Å². The molecule has 2 saturated carbocycles. The van der Waals surface area contributed by atoms with Gasteiger partial charge in [-0.15, -0.1) is 0 Å². The molecule has 0 bridgehead atoms. The standard InChI is InChI=1S/C13H16O2/c1-9-6-12(14-10-2-3-10)8-13(7-9)15-11-4-5-11/h6-8,10-11H,2-5H2,1H3. The summed E-state index contributed by atoms with van der Waals surface area (Å²) in [6.07, 6.45) is 5.72. The Balaban J connectivity index is 1.76. The first-order chi connectivity index (χ1) is 7.29. The lowest BCUT2D eigenvalue weighted by Gasteiger charge is -2.09. The average Bonchev–Trinajstić information content (AvgIpc) is 2.98. The van der Waals surface area contributed by atoms with Gasteiger partial charge >= 0.3 is 0 Å². The van der Waals surface area contributed by atoms with E-state index in [-0.39, 0.29) is 0 Å². The minimum absolute atomic E-state index is 0.459. The number of hydrogen-bond acceptors (Lipinski definition) is 2. The third-order valence-electron chi connectivity index (χ3n) is 2.68. The van der Waals surface area contributed by atoms with Crippen LogP contribution in [0, 0.1) is 6.92 Å². The number of aryl methyl sites for hydroxylation is 1. The van der Waals surface area contributed by atoms with E-state index in [0.29, 0.717) is 12.2 Å². The molecule has 2 fully saturated rings. The molecule has 0 aromatic heterocycles. The Morgan fingerprint density at radius 1 is 0.867 bits per heavy atom. The molecule has 2 heteroatoms. The van der Waals surface area contributed by atoms with Gasteiger partial charge in [0.05, 0.1) is 12.2 Å². The van der Waals surface area contributed by atoms with Gasteiger partial charge in [0.2, 0.25) is 0 Å². The van der Waals surface area contributed by atoms with Crippen LogP contribution in [0.3, 0.4) is 0 Å². The van der Waals surface area contributed by atoms with Gasteiger partial charge < -0.3 is 9.47 Å². The Labute approximate surface area is 90.2 Å². The second-order valence-electron chi connectivity index (χ2n) is 4.62. The summed E-state index contributed by atoms with van der Waals surface area (Å²) in [4.78, 5) is 0. The second kappa shape index (κ2) is 3.44. The van der Waals surface area contributed by atoms with E-state index in [4.69, 9.17) is 9.47 Å². The lowest BCUT2D eigenvalue weighted by atomic mass is 10.2. The van der Waals surface area contributed by atoms with Crippen LogP contribution in [0.2, 0.25) is 0 Å². The molecule has 0 heterocycles. The average molecular weight is 204 g/mol. The minimum atomic E-state index is 0.459. The summed E-state index contributed by atoms with van der Waals surface area (Å²) in [5.41, 5.74) is 1.21. The largest absolute Gasteiger partial charge is 0.490 e. The van der Waals surface area contributed by atoms with Crippen LogP contribution < -0.4 is 9.47 Å². The summed E-state index contributed by atoms with van der Waals surface area (Å²) >= 11 is 0. The van der Waals surface area contributed by atoms with Crippen molar-refractivity contribution in [3.05, 3.63) is 23.8 Å². The van der Waals surface area contributed by atoms with Crippen molar-refractivity contribution in [2.24, 2.45) is 0 Å². The molecule has 0 atom stereocenters. The zero-order chi connectivity index (χ0) is 10.3. The number of ether oxygens (including phenoxy) is 2. The van der Waals surface area contributed by atoms with Crippen LogP contribution in [-0.4, -0.2) is 12.2 Å². The van der Waals surface area contributed by atoms with Crippen molar-refractivity contribution in [2.75, 3.05) is 0 Å². The van der Waals surface area contributed by atoms with Crippen molar-refractivity contribution in [1.29, 1.82) is 0 Å². The van der Waals surface area contributed by atoms with Gasteiger partial charge in [0.25, 0.3) is 0 Å². The topological polar surface area (TPSA) is 18.5 Å². The first-order valence-electron chi connectivity index (χ1n) is 5.74. The predicted molar refractivity (Wildman–Crippen MR) is 58.5 cm³/mol. The van der Waals surface area contributed by atoms with Gasteiger partial charge in [-0.3, -0.25) is 0 Å². The first-order valence-corrected chi connectivity index (χ1v) is 5.74. The molecular formula is C13H16O2. The zero-order valence-electron chi connectivity index (χ0n) is 9.03. The molecule has 3 rings (SSSR count). The van der Waals surface area contributed by atoms with E-state index in [1.165, 1.54) is 31.2 Å². The van der Waals surface area contributed by atoms with E-state index in [1.807, 2.05) is 6.07 Å². The van der Waals surface area contributed by atoms with Gasteiger partial charge in [-0.25, -0.2) is 0 Å². The molecule has 0 saturated heterocycles. The third kappa shape index (κ3) is 2.44. The van der Waals surface area contributed by atoms with E-state index in [1.54, 1.807) is 0 Å². The maximum atomic E-state index is 5.77. The van der Waals surface area contributed by atoms with Crippen molar-refractivity contribution < 1.29 is 9.47 Å². The van der Waals surface area contributed by atoms with Crippen LogP contribution in [0.15, 0.2) is 18.2 Å². The lowest BCUT2D eigenvalue weighted by Crippen LogP contribution is -1.99. The SMILES string of the molecule is Cc1cc(OC2CC2)cc(OC2CC2)c1. The van der Waals surface area contributed by atoms with Crippen molar-refractivity contribution >= 4 is 0 Å². The molecule has 80 valence electrons. The van der Waals surface area contributed by atoms with E-state index in [0.717, 1.165) is 11.5 Å². The highest BCUT2D eigenvalue weighted by molar-refractivity contribution is 5.38. The fourth-order valence-corrected chi connectivity index (χ4v) is 1.61. The maximum Gasteiger partial charge on any atom is 0.123 e. The monoisotopic (exact) mass is 204 g/mol. The molecule has 0 unspecified atom stereocenters. The molecule has 2 aliphatic carbocycles. The molecular weight excluding hydrogens is 188 g/mol. The Kier molecular flexibility index (Phi) is 2.08. The van der Waals surface area contributed by atoms with E-state index >= 15 is 0 Å². The highest BCUT2D eigenvalue weighted by Gasteiger charge is 2.25. The van der Waals surface area contributed by atoms with Crippen LogP contribution >= 0.6 is 0 Å². The Bertz CT molecular complexity index is 333. The first kappa shape index (κ1) is 9.08. The van der Waals surface area contributed by atoms with Crippen molar-refractivity contribution in [3.8, 4) is 11.5 Å². The maximum absolute atomic E-state index is 5.77. The van der Waals surface area contributed by atoms with Crippen LogP contribution in [0.4, 0.5) is 0 Å². The van der Waals surface area contributed by atoms with E-state index in [9.17, 15) is 0 Å². The second-order valence-corrected chi connectivity index (χ2v) is 4.62. The fourth-order valence-electron chi connectivity index (χ4n) is 1.61. The summed E-state index contributed by atoms with van der Waals surface area (Å²) in [5.74, 6) is 1.93. The quantitative estimate of drug-likeness (QED) is 0.750. The van der Waals surface area contributed by atoms with Gasteiger partial charge in [-0.1, -0.05) is 0 Å². The predicted octanol–water partition coefficient (Wildman–Crippen LogP) is 3.08. The number of benzene rings is 1. The fraction of sp³-hybridized carbons (Fsp3) is 0.538. The molecule has 2 nitrogen and oxygen atoms in total. The van der Waals surface area contributed by atoms with Crippen LogP contribution in [0.1, 0.15) is 31.2 Å². The molecule has 0 aliphatic heterocycles. The Morgan fingerprint density at radius 2 is 1.33 bits per heavy atom. The highest BCUT2D eigenvalue weighted by Crippen LogP contribution is 2.32. The molecule has 0 spiro atoms. The van der Waals surface area contributed by atoms with Crippen LogP contribution in [0.5, 0.6) is 11.5 Å². The number of hydrogen-bond donors (Lipinski definition) is 0. The molecule has 15 heavy (non-hydrogen) atoms. The zero-order valence-corrected chi connectivity index (χ0v) is 9.03. The summed E-state index contributed by atoms with van der Waals surface area (Å²) in [6.45, 7) is 2.08. The Hall–Kier alpha value is -1.18. The van der Waals surface area contributed by atoms with Crippen LogP contribution in [-0.2, 0) is 0 Å². The molecule has 1 aromatic carbocycles. The highest BCUT2D eigenvalue weighted by atomic mass is 16.5. The molecule has 1 aromatic rings. The molecule has 2 aliphatic rings. The molecule has 0 N–H and O–H groups in total. The van der Waals surface area contributed by atoms with E-state index in [2.05, 4.69) is 19.1 Å². The Morgan fingerprint density at radius 3 is 1.73 bits per heavy atom. The van der Waals surface area contributed by atoms with Gasteiger partial charge in [0.15, 0.2) is 0 Å². The number of rotatable bonds is 4. The molecule has 0 radical (unpaired) electrons. The van der Waals surface area contributed by atoms with Gasteiger partial charge in [-0.05, 0) is 50.3 Å². The third-order valence-corrected chi connectivity index (χ3v) is 2.68. The minimum Gasteiger partial charge on any atom is -0.490 e. The lowest BCUT2D eigenvalue weighted by molar-refractivity contribution is 0.287. The van der Waals surface area contributed by atoms with Crippen molar-refractivity contribution in [1.82, 2.24) is 0 Å². The smallest absolute Gasteiger partial charge is 0.123 e. The van der Waals surface area contributed by atoms with Gasteiger partial charge in [-0.2, -0.15) is 0 Å². The summed E-state index contributed by atoms with van der Waals surface area (Å²) in [5, 5.41) is 0. The summed E-state index contributed by atoms with van der Waals surface area (Å²) in [7, 11) is 0. The van der Waals surface area contributed by atoms with Crippen LogP contribution in [0.25, 0.3) is 0 Å². The van der Waals surface area contributed by atoms with Gasteiger partial charge in [0, 0.05) is 6.07 Å². The molecule has 0 amide bonds. The summed E-state index contributed by atoms with van der Waals surface area (Å²) in [6, 6.07) is 6.18. The van der Waals surface area contributed by atoms with Crippen molar-refractivity contribution in [3.63, 3.8) is 0 Å². The van der Waals surface area contributed by atoms with Gasteiger partial charge in [0.1, 0.15) is 11.5 Å². The normalized spacial score (nSPS) is 20.1. The van der Waals surface area contributed by atoms with Crippen molar-refractivity contribution in [2.45, 2.75) is 44.8 Å². The summed E-state index contributed by atoms with van der Waals surface area (Å²) < 4.78 is 11.5.